The predicted octanol–water partition coefficient (Wildman–Crippen LogP) is 3.69. The molecule has 94 valence electrons. The highest BCUT2D eigenvalue weighted by molar-refractivity contribution is 7.99. The van der Waals surface area contributed by atoms with Gasteiger partial charge in [-0.2, -0.15) is 0 Å². The number of hydrogen-bond donors (Lipinski definition) is 0. The van der Waals surface area contributed by atoms with Crippen LogP contribution in [0.15, 0.2) is 11.4 Å². The van der Waals surface area contributed by atoms with Gasteiger partial charge >= 0.3 is 0 Å². The molecule has 0 spiro atoms. The zero-order valence-corrected chi connectivity index (χ0v) is 11.8. The number of thioether (sulfide) groups is 1. The van der Waals surface area contributed by atoms with Crippen molar-refractivity contribution in [3.8, 4) is 0 Å². The molecular formula is C13H19ClN2S. The molecule has 17 heavy (non-hydrogen) atoms. The number of imidazole rings is 1. The number of rotatable bonds is 4. The Labute approximate surface area is 112 Å². The van der Waals surface area contributed by atoms with Gasteiger partial charge in [0.15, 0.2) is 5.16 Å². The van der Waals surface area contributed by atoms with E-state index in [9.17, 15) is 0 Å². The van der Waals surface area contributed by atoms with Crippen LogP contribution >= 0.6 is 23.4 Å². The van der Waals surface area contributed by atoms with E-state index in [1.807, 2.05) is 18.0 Å². The normalized spacial score (nSPS) is 31.3. The van der Waals surface area contributed by atoms with Gasteiger partial charge in [0.1, 0.15) is 0 Å². The third-order valence-corrected chi connectivity index (χ3v) is 6.00. The van der Waals surface area contributed by atoms with Gasteiger partial charge in [-0.15, -0.1) is 11.6 Å². The highest BCUT2D eigenvalue weighted by Crippen LogP contribution is 2.49. The molecule has 2 saturated carbocycles. The van der Waals surface area contributed by atoms with Crippen LogP contribution in [-0.4, -0.2) is 15.3 Å². The fourth-order valence-electron chi connectivity index (χ4n) is 3.45. The zero-order chi connectivity index (χ0) is 11.8. The molecular weight excluding hydrogens is 252 g/mol. The first-order valence-electron chi connectivity index (χ1n) is 6.47. The van der Waals surface area contributed by atoms with E-state index in [4.69, 9.17) is 11.6 Å². The van der Waals surface area contributed by atoms with Crippen LogP contribution in [0.1, 0.15) is 31.4 Å². The number of nitrogens with zero attached hydrogens (tertiary/aromatic N) is 2. The molecule has 0 aliphatic heterocycles. The first-order valence-corrected chi connectivity index (χ1v) is 7.99. The molecule has 2 aliphatic carbocycles. The molecule has 1 aromatic rings. The van der Waals surface area contributed by atoms with Crippen molar-refractivity contribution in [2.75, 3.05) is 5.75 Å². The maximum Gasteiger partial charge on any atom is 0.167 e. The zero-order valence-electron chi connectivity index (χ0n) is 10.2. The van der Waals surface area contributed by atoms with Gasteiger partial charge in [-0.3, -0.25) is 0 Å². The summed E-state index contributed by atoms with van der Waals surface area (Å²) in [6, 6.07) is 0. The number of hydrogen-bond acceptors (Lipinski definition) is 2. The molecule has 4 heteroatoms. The van der Waals surface area contributed by atoms with Crippen molar-refractivity contribution in [3.63, 3.8) is 0 Å². The molecule has 3 rings (SSSR count). The Balaban J connectivity index is 1.59. The maximum absolute atomic E-state index is 5.85. The summed E-state index contributed by atoms with van der Waals surface area (Å²) in [5.41, 5.74) is 1.11. The van der Waals surface area contributed by atoms with E-state index in [0.717, 1.165) is 28.6 Å². The summed E-state index contributed by atoms with van der Waals surface area (Å²) in [5, 5.41) is 1.13. The lowest BCUT2D eigenvalue weighted by atomic mass is 9.90. The summed E-state index contributed by atoms with van der Waals surface area (Å²) in [4.78, 5) is 4.45. The molecule has 0 radical (unpaired) electrons. The van der Waals surface area contributed by atoms with Crippen LogP contribution in [0.25, 0.3) is 0 Å². The van der Waals surface area contributed by atoms with Gasteiger partial charge in [-0.1, -0.05) is 18.2 Å². The van der Waals surface area contributed by atoms with Crippen LogP contribution in [0, 0.1) is 17.8 Å². The Morgan fingerprint density at radius 2 is 2.35 bits per heavy atom. The molecule has 1 heterocycles. The Bertz CT molecular complexity index is 404. The summed E-state index contributed by atoms with van der Waals surface area (Å²) in [7, 11) is 2.06. The van der Waals surface area contributed by atoms with Crippen LogP contribution < -0.4 is 0 Å². The summed E-state index contributed by atoms with van der Waals surface area (Å²) in [5.74, 6) is 4.80. The number of halogens is 1. The van der Waals surface area contributed by atoms with Crippen molar-refractivity contribution in [1.29, 1.82) is 0 Å². The van der Waals surface area contributed by atoms with Gasteiger partial charge in [0.05, 0.1) is 17.8 Å². The molecule has 0 amide bonds. The van der Waals surface area contributed by atoms with Crippen LogP contribution in [0.3, 0.4) is 0 Å². The maximum atomic E-state index is 5.85. The van der Waals surface area contributed by atoms with Crippen LogP contribution in [0.4, 0.5) is 0 Å². The third-order valence-electron chi connectivity index (χ3n) is 4.49. The first kappa shape index (κ1) is 11.9. The number of alkyl halides is 1. The second-order valence-corrected chi connectivity index (χ2v) is 6.73. The molecule has 3 atom stereocenters. The fourth-order valence-corrected chi connectivity index (χ4v) is 4.90. The standard InChI is InChI=1S/C13H19ClN2S/c1-16-12(6-14)7-15-13(16)17-8-11-5-9-2-3-10(11)4-9/h7,9-11H,2-6,8H2,1H3. The quantitative estimate of drug-likeness (QED) is 0.613. The Kier molecular flexibility index (Phi) is 3.40. The molecule has 2 bridgehead atoms. The summed E-state index contributed by atoms with van der Waals surface area (Å²) in [6.45, 7) is 0. The number of aromatic nitrogens is 2. The lowest BCUT2D eigenvalue weighted by molar-refractivity contribution is 0.365. The fraction of sp³-hybridized carbons (Fsp3) is 0.769. The minimum absolute atomic E-state index is 0.554. The summed E-state index contributed by atoms with van der Waals surface area (Å²) >= 11 is 7.77. The largest absolute Gasteiger partial charge is 0.325 e. The van der Waals surface area contributed by atoms with Crippen molar-refractivity contribution in [2.24, 2.45) is 24.8 Å². The van der Waals surface area contributed by atoms with Gasteiger partial charge < -0.3 is 4.57 Å². The first-order chi connectivity index (χ1) is 8.28. The Hall–Kier alpha value is -0.150. The highest BCUT2D eigenvalue weighted by Gasteiger charge is 2.39. The lowest BCUT2D eigenvalue weighted by Crippen LogP contribution is -2.13. The van der Waals surface area contributed by atoms with Gasteiger partial charge in [-0.05, 0) is 37.0 Å². The molecule has 2 aliphatic rings. The van der Waals surface area contributed by atoms with E-state index >= 15 is 0 Å². The topological polar surface area (TPSA) is 17.8 Å². The van der Waals surface area contributed by atoms with Crippen LogP contribution in [0.5, 0.6) is 0 Å². The van der Waals surface area contributed by atoms with E-state index in [1.165, 1.54) is 31.4 Å². The minimum atomic E-state index is 0.554. The number of fused-ring (bicyclic) bond motifs is 2. The monoisotopic (exact) mass is 270 g/mol. The van der Waals surface area contributed by atoms with E-state index in [0.29, 0.717) is 5.88 Å². The van der Waals surface area contributed by atoms with Crippen molar-refractivity contribution in [2.45, 2.75) is 36.7 Å². The molecule has 3 unspecified atom stereocenters. The average Bonchev–Trinajstić information content (AvgIpc) is 3.01. The van der Waals surface area contributed by atoms with Crippen molar-refractivity contribution in [3.05, 3.63) is 11.9 Å². The highest BCUT2D eigenvalue weighted by atomic mass is 35.5. The minimum Gasteiger partial charge on any atom is -0.325 e. The molecule has 2 fully saturated rings. The van der Waals surface area contributed by atoms with Crippen molar-refractivity contribution < 1.29 is 0 Å². The van der Waals surface area contributed by atoms with Crippen LogP contribution in [0.2, 0.25) is 0 Å². The summed E-state index contributed by atoms with van der Waals surface area (Å²) in [6.07, 6.45) is 7.83. The SMILES string of the molecule is Cn1c(CCl)cnc1SCC1CC2CCC1C2. The Morgan fingerprint density at radius 1 is 1.47 bits per heavy atom. The second-order valence-electron chi connectivity index (χ2n) is 5.47. The van der Waals surface area contributed by atoms with E-state index in [-0.39, 0.29) is 0 Å². The van der Waals surface area contributed by atoms with Crippen molar-refractivity contribution in [1.82, 2.24) is 9.55 Å². The van der Waals surface area contributed by atoms with Gasteiger partial charge in [0.25, 0.3) is 0 Å². The molecule has 0 aromatic carbocycles. The average molecular weight is 271 g/mol. The summed E-state index contributed by atoms with van der Waals surface area (Å²) < 4.78 is 2.13. The smallest absolute Gasteiger partial charge is 0.167 e. The lowest BCUT2D eigenvalue weighted by Gasteiger charge is -2.20. The molecule has 0 saturated heterocycles. The van der Waals surface area contributed by atoms with E-state index in [2.05, 4.69) is 16.6 Å². The van der Waals surface area contributed by atoms with E-state index < -0.39 is 0 Å². The van der Waals surface area contributed by atoms with Crippen molar-refractivity contribution >= 4 is 23.4 Å². The molecule has 1 aromatic heterocycles. The third kappa shape index (κ3) is 2.24. The second kappa shape index (κ2) is 4.85. The Morgan fingerprint density at radius 3 is 2.94 bits per heavy atom. The van der Waals surface area contributed by atoms with Crippen LogP contribution in [-0.2, 0) is 12.9 Å². The van der Waals surface area contributed by atoms with Gasteiger partial charge in [-0.25, -0.2) is 4.98 Å². The van der Waals surface area contributed by atoms with Gasteiger partial charge in [0, 0.05) is 12.8 Å². The van der Waals surface area contributed by atoms with E-state index in [1.54, 1.807) is 0 Å². The molecule has 0 N–H and O–H groups in total. The van der Waals surface area contributed by atoms with Gasteiger partial charge in [0.2, 0.25) is 0 Å². The predicted molar refractivity (Wildman–Crippen MR) is 72.4 cm³/mol. The molecule has 2 nitrogen and oxygen atoms in total.